The number of amides is 1. The van der Waals surface area contributed by atoms with Crippen LogP contribution in [0.3, 0.4) is 0 Å². The summed E-state index contributed by atoms with van der Waals surface area (Å²) in [4.78, 5) is 25.6. The number of aromatic nitrogens is 3. The van der Waals surface area contributed by atoms with Gasteiger partial charge in [-0.15, -0.1) is 11.3 Å². The molecule has 1 N–H and O–H groups in total. The number of hydrogen-bond acceptors (Lipinski definition) is 5. The van der Waals surface area contributed by atoms with Crippen molar-refractivity contribution in [2.75, 3.05) is 0 Å². The van der Waals surface area contributed by atoms with Crippen LogP contribution in [-0.4, -0.2) is 20.9 Å². The molecule has 0 unspecified atom stereocenters. The van der Waals surface area contributed by atoms with Gasteiger partial charge in [-0.05, 0) is 42.7 Å². The van der Waals surface area contributed by atoms with Gasteiger partial charge in [0, 0.05) is 37.8 Å². The van der Waals surface area contributed by atoms with Gasteiger partial charge in [0.2, 0.25) is 0 Å². The van der Waals surface area contributed by atoms with Gasteiger partial charge in [-0.25, -0.2) is 4.98 Å². The van der Waals surface area contributed by atoms with Crippen molar-refractivity contribution in [3.05, 3.63) is 75.8 Å². The molecule has 0 radical (unpaired) electrons. The van der Waals surface area contributed by atoms with Crippen molar-refractivity contribution in [2.24, 2.45) is 0 Å². The SMILES string of the molecule is Cc1nc(CCc2ccncc2)sc1C(=O)NCc1cccnc1. The summed E-state index contributed by atoms with van der Waals surface area (Å²) >= 11 is 1.47. The predicted octanol–water partition coefficient (Wildman–Crippen LogP) is 2.96. The molecule has 1 amide bonds. The van der Waals surface area contributed by atoms with Crippen LogP contribution in [0.15, 0.2) is 49.1 Å². The highest BCUT2D eigenvalue weighted by atomic mass is 32.1. The molecule has 0 aromatic carbocycles. The number of thiazole rings is 1. The lowest BCUT2D eigenvalue weighted by molar-refractivity contribution is 0.0954. The first-order chi connectivity index (χ1) is 11.7. The topological polar surface area (TPSA) is 67.8 Å². The van der Waals surface area contributed by atoms with Gasteiger partial charge in [0.25, 0.3) is 5.91 Å². The highest BCUT2D eigenvalue weighted by Gasteiger charge is 2.15. The molecular weight excluding hydrogens is 320 g/mol. The molecule has 3 heterocycles. The van der Waals surface area contributed by atoms with E-state index in [-0.39, 0.29) is 5.91 Å². The van der Waals surface area contributed by atoms with Crippen LogP contribution in [0.4, 0.5) is 0 Å². The van der Waals surface area contributed by atoms with Crippen LogP contribution < -0.4 is 5.32 Å². The smallest absolute Gasteiger partial charge is 0.263 e. The largest absolute Gasteiger partial charge is 0.347 e. The first-order valence-corrected chi connectivity index (χ1v) is 8.56. The summed E-state index contributed by atoms with van der Waals surface area (Å²) in [5.41, 5.74) is 2.99. The van der Waals surface area contributed by atoms with E-state index in [1.54, 1.807) is 24.8 Å². The zero-order valence-corrected chi connectivity index (χ0v) is 14.2. The first kappa shape index (κ1) is 16.3. The van der Waals surface area contributed by atoms with Gasteiger partial charge in [0.15, 0.2) is 0 Å². The van der Waals surface area contributed by atoms with E-state index in [1.807, 2.05) is 31.2 Å². The van der Waals surface area contributed by atoms with Crippen LogP contribution in [0.2, 0.25) is 0 Å². The predicted molar refractivity (Wildman–Crippen MR) is 93.9 cm³/mol. The maximum Gasteiger partial charge on any atom is 0.263 e. The van der Waals surface area contributed by atoms with Crippen LogP contribution in [0.1, 0.15) is 31.5 Å². The number of nitrogens with zero attached hydrogens (tertiary/aromatic N) is 3. The van der Waals surface area contributed by atoms with Crippen LogP contribution in [-0.2, 0) is 19.4 Å². The Hall–Kier alpha value is -2.60. The molecule has 0 aliphatic carbocycles. The molecule has 0 spiro atoms. The van der Waals surface area contributed by atoms with E-state index in [0.717, 1.165) is 29.1 Å². The molecule has 0 saturated carbocycles. The molecule has 3 rings (SSSR count). The van der Waals surface area contributed by atoms with Crippen molar-refractivity contribution < 1.29 is 4.79 Å². The van der Waals surface area contributed by atoms with Crippen molar-refractivity contribution in [1.29, 1.82) is 0 Å². The van der Waals surface area contributed by atoms with Crippen molar-refractivity contribution in [3.8, 4) is 0 Å². The Morgan fingerprint density at radius 1 is 1.08 bits per heavy atom. The Morgan fingerprint density at radius 3 is 2.67 bits per heavy atom. The maximum absolute atomic E-state index is 12.4. The number of nitrogens with one attached hydrogen (secondary N) is 1. The molecule has 3 aromatic rings. The molecular formula is C18H18N4OS. The summed E-state index contributed by atoms with van der Waals surface area (Å²) < 4.78 is 0. The molecule has 0 atom stereocenters. The van der Waals surface area contributed by atoms with Gasteiger partial charge in [-0.2, -0.15) is 0 Å². The number of carbonyl (C=O) groups excluding carboxylic acids is 1. The van der Waals surface area contributed by atoms with E-state index in [9.17, 15) is 4.79 Å². The van der Waals surface area contributed by atoms with Gasteiger partial charge < -0.3 is 5.32 Å². The number of rotatable bonds is 6. The molecule has 122 valence electrons. The lowest BCUT2D eigenvalue weighted by atomic mass is 10.1. The average molecular weight is 338 g/mol. The van der Waals surface area contributed by atoms with Crippen molar-refractivity contribution in [1.82, 2.24) is 20.3 Å². The zero-order chi connectivity index (χ0) is 16.8. The third-order valence-electron chi connectivity index (χ3n) is 3.60. The Bertz CT molecular complexity index is 802. The molecule has 3 aromatic heterocycles. The molecule has 0 aliphatic rings. The Labute approximate surface area is 144 Å². The summed E-state index contributed by atoms with van der Waals surface area (Å²) in [6.45, 7) is 2.35. The Kier molecular flexibility index (Phi) is 5.28. The number of aryl methyl sites for hydroxylation is 3. The van der Waals surface area contributed by atoms with Crippen molar-refractivity contribution >= 4 is 17.2 Å². The summed E-state index contributed by atoms with van der Waals surface area (Å²) in [6.07, 6.45) is 8.77. The fourth-order valence-electron chi connectivity index (χ4n) is 2.34. The Morgan fingerprint density at radius 2 is 1.92 bits per heavy atom. The standard InChI is InChI=1S/C18H18N4OS/c1-13-17(18(23)21-12-15-3-2-8-20-11-15)24-16(22-13)5-4-14-6-9-19-10-7-14/h2-3,6-11H,4-5,12H2,1H3,(H,21,23). The van der Waals surface area contributed by atoms with Gasteiger partial charge in [-0.3, -0.25) is 14.8 Å². The molecule has 6 heteroatoms. The van der Waals surface area contributed by atoms with E-state index in [0.29, 0.717) is 11.4 Å². The second-order valence-electron chi connectivity index (χ2n) is 5.42. The quantitative estimate of drug-likeness (QED) is 0.750. The number of pyridine rings is 2. The van der Waals surface area contributed by atoms with Gasteiger partial charge in [0.1, 0.15) is 4.88 Å². The van der Waals surface area contributed by atoms with E-state index >= 15 is 0 Å². The minimum Gasteiger partial charge on any atom is -0.347 e. The highest BCUT2D eigenvalue weighted by Crippen LogP contribution is 2.19. The monoisotopic (exact) mass is 338 g/mol. The van der Waals surface area contributed by atoms with E-state index in [1.165, 1.54) is 16.9 Å². The van der Waals surface area contributed by atoms with Gasteiger partial charge >= 0.3 is 0 Å². The fraction of sp³-hybridized carbons (Fsp3) is 0.222. The molecule has 0 fully saturated rings. The van der Waals surface area contributed by atoms with Crippen LogP contribution in [0.25, 0.3) is 0 Å². The summed E-state index contributed by atoms with van der Waals surface area (Å²) in [6, 6.07) is 7.80. The normalized spacial score (nSPS) is 10.5. The van der Waals surface area contributed by atoms with E-state index in [2.05, 4.69) is 20.3 Å². The van der Waals surface area contributed by atoms with Crippen molar-refractivity contribution in [3.63, 3.8) is 0 Å². The second kappa shape index (κ2) is 7.79. The minimum atomic E-state index is -0.0796. The minimum absolute atomic E-state index is 0.0796. The van der Waals surface area contributed by atoms with Crippen LogP contribution in [0.5, 0.6) is 0 Å². The molecule has 24 heavy (non-hydrogen) atoms. The zero-order valence-electron chi connectivity index (χ0n) is 13.4. The van der Waals surface area contributed by atoms with Crippen LogP contribution >= 0.6 is 11.3 Å². The maximum atomic E-state index is 12.4. The lowest BCUT2D eigenvalue weighted by Gasteiger charge is -2.03. The van der Waals surface area contributed by atoms with Gasteiger partial charge in [0.05, 0.1) is 10.7 Å². The molecule has 0 aliphatic heterocycles. The fourth-order valence-corrected chi connectivity index (χ4v) is 3.32. The molecule has 0 bridgehead atoms. The number of carbonyl (C=O) groups is 1. The van der Waals surface area contributed by atoms with Crippen LogP contribution in [0, 0.1) is 6.92 Å². The van der Waals surface area contributed by atoms with E-state index in [4.69, 9.17) is 0 Å². The molecule has 0 saturated heterocycles. The summed E-state index contributed by atoms with van der Waals surface area (Å²) in [5.74, 6) is -0.0796. The summed E-state index contributed by atoms with van der Waals surface area (Å²) in [7, 11) is 0. The summed E-state index contributed by atoms with van der Waals surface area (Å²) in [5, 5.41) is 3.91. The first-order valence-electron chi connectivity index (χ1n) is 7.74. The molecule has 5 nitrogen and oxygen atoms in total. The van der Waals surface area contributed by atoms with Gasteiger partial charge in [-0.1, -0.05) is 6.07 Å². The van der Waals surface area contributed by atoms with Crippen molar-refractivity contribution in [2.45, 2.75) is 26.3 Å². The second-order valence-corrected chi connectivity index (χ2v) is 6.51. The average Bonchev–Trinajstić information content (AvgIpc) is 3.00. The Balaban J connectivity index is 1.59. The number of hydrogen-bond donors (Lipinski definition) is 1. The lowest BCUT2D eigenvalue weighted by Crippen LogP contribution is -2.22. The third-order valence-corrected chi connectivity index (χ3v) is 4.82. The highest BCUT2D eigenvalue weighted by molar-refractivity contribution is 7.13. The third kappa shape index (κ3) is 4.23. The van der Waals surface area contributed by atoms with E-state index < -0.39 is 0 Å².